The zero-order chi connectivity index (χ0) is 16.2. The highest BCUT2D eigenvalue weighted by Crippen LogP contribution is 2.49. The lowest BCUT2D eigenvalue weighted by atomic mass is 10.1. The molecule has 0 unspecified atom stereocenters. The fourth-order valence-electron chi connectivity index (χ4n) is 1.58. The number of nitro groups is 2. The summed E-state index contributed by atoms with van der Waals surface area (Å²) in [4.78, 5) is 20.5. The first-order valence-electron chi connectivity index (χ1n) is 5.52. The Morgan fingerprint density at radius 1 is 1.10 bits per heavy atom. The number of aryl methyl sites for hydroxylation is 1. The van der Waals surface area contributed by atoms with Gasteiger partial charge in [-0.25, -0.2) is 4.57 Å². The van der Waals surface area contributed by atoms with Crippen molar-refractivity contribution in [1.29, 1.82) is 0 Å². The smallest absolute Gasteiger partial charge is 0.290 e. The van der Waals surface area contributed by atoms with Crippen molar-refractivity contribution in [3.63, 3.8) is 0 Å². The fraction of sp³-hybridized carbons (Fsp3) is 0.400. The molecule has 0 fully saturated rings. The van der Waals surface area contributed by atoms with Crippen molar-refractivity contribution < 1.29 is 28.0 Å². The standard InChI is InChI=1S/C10H13N2O8P/c1-7-4-9(11(13)14)8(10(5-7)12(15)16)6-20-21(17,18-2)19-3/h4-5H,6H2,1-3H3. The Morgan fingerprint density at radius 2 is 1.52 bits per heavy atom. The number of phosphoric acid groups is 1. The summed E-state index contributed by atoms with van der Waals surface area (Å²) in [6.45, 7) is 0.825. The van der Waals surface area contributed by atoms with E-state index in [0.29, 0.717) is 5.56 Å². The third-order valence-electron chi connectivity index (χ3n) is 2.55. The highest BCUT2D eigenvalue weighted by molar-refractivity contribution is 7.48. The van der Waals surface area contributed by atoms with Gasteiger partial charge in [-0.3, -0.25) is 33.8 Å². The summed E-state index contributed by atoms with van der Waals surface area (Å²) in [5, 5.41) is 22.0. The van der Waals surface area contributed by atoms with Gasteiger partial charge in [0.1, 0.15) is 5.56 Å². The van der Waals surface area contributed by atoms with E-state index < -0.39 is 35.7 Å². The van der Waals surface area contributed by atoms with E-state index in [9.17, 15) is 24.8 Å². The van der Waals surface area contributed by atoms with E-state index in [-0.39, 0.29) is 5.56 Å². The third kappa shape index (κ3) is 4.05. The van der Waals surface area contributed by atoms with Crippen molar-refractivity contribution in [2.45, 2.75) is 13.5 Å². The number of phosphoric ester groups is 1. The van der Waals surface area contributed by atoms with Crippen molar-refractivity contribution in [2.75, 3.05) is 14.2 Å². The molecule has 0 N–H and O–H groups in total. The van der Waals surface area contributed by atoms with Crippen molar-refractivity contribution in [3.8, 4) is 0 Å². The second-order valence-corrected chi connectivity index (χ2v) is 5.76. The molecule has 1 aromatic rings. The van der Waals surface area contributed by atoms with Gasteiger partial charge in [0.15, 0.2) is 0 Å². The monoisotopic (exact) mass is 320 g/mol. The van der Waals surface area contributed by atoms with E-state index in [1.807, 2.05) is 0 Å². The first kappa shape index (κ1) is 17.2. The number of nitro benzene ring substituents is 2. The number of hydrogen-bond donors (Lipinski definition) is 0. The zero-order valence-corrected chi connectivity index (χ0v) is 12.4. The molecule has 0 saturated heterocycles. The normalized spacial score (nSPS) is 11.4. The molecule has 0 heterocycles. The first-order valence-corrected chi connectivity index (χ1v) is 6.98. The summed E-state index contributed by atoms with van der Waals surface area (Å²) in [6, 6.07) is 2.33. The Balaban J connectivity index is 3.29. The summed E-state index contributed by atoms with van der Waals surface area (Å²) < 4.78 is 25.6. The van der Waals surface area contributed by atoms with Gasteiger partial charge in [-0.15, -0.1) is 0 Å². The van der Waals surface area contributed by atoms with Gasteiger partial charge in [0.25, 0.3) is 11.4 Å². The molecule has 0 spiro atoms. The minimum Gasteiger partial charge on any atom is -0.290 e. The van der Waals surface area contributed by atoms with E-state index in [4.69, 9.17) is 4.52 Å². The number of rotatable bonds is 7. The molecule has 0 saturated carbocycles. The van der Waals surface area contributed by atoms with Crippen LogP contribution in [0.4, 0.5) is 11.4 Å². The lowest BCUT2D eigenvalue weighted by Gasteiger charge is -2.13. The minimum atomic E-state index is -3.90. The van der Waals surface area contributed by atoms with Gasteiger partial charge in [-0.1, -0.05) is 0 Å². The van der Waals surface area contributed by atoms with E-state index >= 15 is 0 Å². The Kier molecular flexibility index (Phi) is 5.50. The maximum absolute atomic E-state index is 11.7. The van der Waals surface area contributed by atoms with Crippen molar-refractivity contribution in [2.24, 2.45) is 0 Å². The molecule has 0 amide bonds. The van der Waals surface area contributed by atoms with Gasteiger partial charge in [0.2, 0.25) is 0 Å². The van der Waals surface area contributed by atoms with Crippen LogP contribution in [-0.2, 0) is 24.7 Å². The van der Waals surface area contributed by atoms with Crippen LogP contribution in [0.3, 0.4) is 0 Å². The molecule has 1 aromatic carbocycles. The van der Waals surface area contributed by atoms with E-state index in [1.165, 1.54) is 6.92 Å². The van der Waals surface area contributed by atoms with Crippen molar-refractivity contribution >= 4 is 19.2 Å². The van der Waals surface area contributed by atoms with Crippen LogP contribution in [0.5, 0.6) is 0 Å². The van der Waals surface area contributed by atoms with Gasteiger partial charge in [-0.05, 0) is 12.5 Å². The molecule has 0 aliphatic rings. The average Bonchev–Trinajstić information content (AvgIpc) is 2.44. The van der Waals surface area contributed by atoms with E-state index in [0.717, 1.165) is 26.4 Å². The topological polar surface area (TPSA) is 131 Å². The summed E-state index contributed by atoms with van der Waals surface area (Å²) in [5.41, 5.74) is -0.968. The lowest BCUT2D eigenvalue weighted by molar-refractivity contribution is -0.396. The third-order valence-corrected chi connectivity index (χ3v) is 3.89. The number of hydrogen-bond acceptors (Lipinski definition) is 8. The molecule has 116 valence electrons. The molecule has 11 heteroatoms. The quantitative estimate of drug-likeness (QED) is 0.425. The molecule has 0 aliphatic carbocycles. The van der Waals surface area contributed by atoms with Crippen LogP contribution in [0.2, 0.25) is 0 Å². The van der Waals surface area contributed by atoms with Crippen LogP contribution in [0, 0.1) is 27.2 Å². The van der Waals surface area contributed by atoms with Crippen LogP contribution < -0.4 is 0 Å². The second-order valence-electron chi connectivity index (χ2n) is 3.88. The molecule has 0 bridgehead atoms. The summed E-state index contributed by atoms with van der Waals surface area (Å²) in [5.74, 6) is 0. The molecule has 0 aromatic heterocycles. The van der Waals surface area contributed by atoms with Crippen molar-refractivity contribution in [3.05, 3.63) is 43.5 Å². The Hall–Kier alpha value is -1.87. The van der Waals surface area contributed by atoms with Gasteiger partial charge in [0.05, 0.1) is 16.5 Å². The first-order chi connectivity index (χ1) is 9.74. The molecular formula is C10H13N2O8P. The molecule has 0 atom stereocenters. The minimum absolute atomic E-state index is 0.315. The average molecular weight is 320 g/mol. The fourth-order valence-corrected chi connectivity index (χ4v) is 2.22. The predicted octanol–water partition coefficient (Wildman–Crippen LogP) is 2.73. The SMILES string of the molecule is COP(=O)(OC)OCc1c([N+](=O)[O-])cc(C)cc1[N+](=O)[O-]. The maximum atomic E-state index is 11.7. The predicted molar refractivity (Wildman–Crippen MR) is 70.9 cm³/mol. The van der Waals surface area contributed by atoms with Crippen LogP contribution in [0.15, 0.2) is 12.1 Å². The summed E-state index contributed by atoms with van der Waals surface area (Å²) in [6.07, 6.45) is 0. The molecule has 1 rings (SSSR count). The van der Waals surface area contributed by atoms with Crippen LogP contribution >= 0.6 is 7.82 Å². The highest BCUT2D eigenvalue weighted by Gasteiger charge is 2.30. The number of benzene rings is 1. The molecule has 0 radical (unpaired) electrons. The van der Waals surface area contributed by atoms with Gasteiger partial charge < -0.3 is 0 Å². The van der Waals surface area contributed by atoms with E-state index in [2.05, 4.69) is 9.05 Å². The highest BCUT2D eigenvalue weighted by atomic mass is 31.2. The molecular weight excluding hydrogens is 307 g/mol. The Labute approximate surface area is 119 Å². The zero-order valence-electron chi connectivity index (χ0n) is 11.5. The molecule has 10 nitrogen and oxygen atoms in total. The summed E-state index contributed by atoms with van der Waals surface area (Å²) in [7, 11) is -1.79. The van der Waals surface area contributed by atoms with Crippen molar-refractivity contribution in [1.82, 2.24) is 0 Å². The second kappa shape index (κ2) is 6.72. The Bertz CT molecular complexity index is 574. The number of nitrogens with zero attached hydrogens (tertiary/aromatic N) is 2. The van der Waals surface area contributed by atoms with Gasteiger partial charge in [-0.2, -0.15) is 0 Å². The Morgan fingerprint density at radius 3 is 1.86 bits per heavy atom. The van der Waals surface area contributed by atoms with Gasteiger partial charge >= 0.3 is 7.82 Å². The van der Waals surface area contributed by atoms with Gasteiger partial charge in [0, 0.05) is 26.4 Å². The molecule has 21 heavy (non-hydrogen) atoms. The maximum Gasteiger partial charge on any atom is 0.474 e. The molecule has 0 aliphatic heterocycles. The summed E-state index contributed by atoms with van der Waals surface area (Å²) >= 11 is 0. The van der Waals surface area contributed by atoms with Crippen LogP contribution in [0.25, 0.3) is 0 Å². The van der Waals surface area contributed by atoms with E-state index in [1.54, 1.807) is 0 Å². The van der Waals surface area contributed by atoms with Crippen LogP contribution in [0.1, 0.15) is 11.1 Å². The largest absolute Gasteiger partial charge is 0.474 e. The van der Waals surface area contributed by atoms with Crippen LogP contribution in [-0.4, -0.2) is 24.1 Å². The lowest BCUT2D eigenvalue weighted by Crippen LogP contribution is -2.04.